The number of phenolic OH excluding ortho intramolecular Hbond substituents is 1. The summed E-state index contributed by atoms with van der Waals surface area (Å²) in [7, 11) is -3.57. The van der Waals surface area contributed by atoms with Gasteiger partial charge in [-0.25, -0.2) is 8.42 Å². The van der Waals surface area contributed by atoms with Crippen LogP contribution in [0.3, 0.4) is 0 Å². The molecule has 5 aromatic carbocycles. The SMILES string of the molecule is Cc1ccc(S(=O)(=O)c2ccc(Oc3ccc(-c4ccc(-c5ccc(O)cc5)cc4)cc3)cc2)cc1. The molecule has 0 fully saturated rings. The maximum atomic E-state index is 12.9. The Bertz CT molecular complexity index is 1570. The highest BCUT2D eigenvalue weighted by Crippen LogP contribution is 2.30. The minimum Gasteiger partial charge on any atom is -0.508 e. The predicted molar refractivity (Wildman–Crippen MR) is 142 cm³/mol. The van der Waals surface area contributed by atoms with E-state index in [1.54, 1.807) is 60.7 Å². The highest BCUT2D eigenvalue weighted by Gasteiger charge is 2.17. The lowest BCUT2D eigenvalue weighted by atomic mass is 10.0. The highest BCUT2D eigenvalue weighted by molar-refractivity contribution is 7.91. The number of ether oxygens (including phenoxy) is 1. The van der Waals surface area contributed by atoms with Gasteiger partial charge in [-0.3, -0.25) is 0 Å². The van der Waals surface area contributed by atoms with Gasteiger partial charge >= 0.3 is 0 Å². The normalized spacial score (nSPS) is 11.2. The van der Waals surface area contributed by atoms with Crippen molar-refractivity contribution >= 4 is 9.84 Å². The second kappa shape index (κ2) is 9.72. The van der Waals surface area contributed by atoms with Crippen LogP contribution in [-0.4, -0.2) is 13.5 Å². The third-order valence-electron chi connectivity index (χ3n) is 5.97. The molecule has 0 saturated heterocycles. The Morgan fingerprint density at radius 1 is 0.500 bits per heavy atom. The van der Waals surface area contributed by atoms with Crippen LogP contribution in [0, 0.1) is 6.92 Å². The van der Waals surface area contributed by atoms with E-state index in [-0.39, 0.29) is 15.5 Å². The van der Waals surface area contributed by atoms with Crippen LogP contribution in [0.1, 0.15) is 5.56 Å². The second-order valence-electron chi connectivity index (χ2n) is 8.54. The molecule has 5 heteroatoms. The molecule has 0 atom stereocenters. The molecular weight excluding hydrogens is 468 g/mol. The Balaban J connectivity index is 1.27. The summed E-state index contributed by atoms with van der Waals surface area (Å²) in [6.07, 6.45) is 0. The van der Waals surface area contributed by atoms with Crippen molar-refractivity contribution in [1.29, 1.82) is 0 Å². The van der Waals surface area contributed by atoms with Gasteiger partial charge in [-0.15, -0.1) is 0 Å². The summed E-state index contributed by atoms with van der Waals surface area (Å²) >= 11 is 0. The van der Waals surface area contributed by atoms with Gasteiger partial charge in [0, 0.05) is 0 Å². The molecule has 1 N–H and O–H groups in total. The van der Waals surface area contributed by atoms with E-state index in [0.717, 1.165) is 27.8 Å². The topological polar surface area (TPSA) is 63.6 Å². The van der Waals surface area contributed by atoms with Crippen molar-refractivity contribution in [3.8, 4) is 39.5 Å². The molecule has 0 heterocycles. The fourth-order valence-electron chi connectivity index (χ4n) is 3.90. The molecule has 0 aromatic heterocycles. The van der Waals surface area contributed by atoms with Crippen LogP contribution in [0.25, 0.3) is 22.3 Å². The molecule has 178 valence electrons. The lowest BCUT2D eigenvalue weighted by molar-refractivity contribution is 0.475. The zero-order valence-electron chi connectivity index (χ0n) is 19.6. The van der Waals surface area contributed by atoms with Gasteiger partial charge in [0.1, 0.15) is 17.2 Å². The molecule has 0 aliphatic carbocycles. The minimum atomic E-state index is -3.57. The average molecular weight is 493 g/mol. The summed E-state index contributed by atoms with van der Waals surface area (Å²) < 4.78 is 31.6. The van der Waals surface area contributed by atoms with Crippen molar-refractivity contribution in [2.75, 3.05) is 0 Å². The molecule has 0 amide bonds. The van der Waals surface area contributed by atoms with Gasteiger partial charge in [0.05, 0.1) is 9.79 Å². The van der Waals surface area contributed by atoms with Crippen LogP contribution < -0.4 is 4.74 Å². The van der Waals surface area contributed by atoms with Crippen LogP contribution >= 0.6 is 0 Å². The molecule has 0 aliphatic rings. The Hall–Kier alpha value is -4.35. The zero-order chi connectivity index (χ0) is 25.1. The standard InChI is InChI=1S/C31H24O4S/c1-22-2-18-30(19-3-22)36(33,34)31-20-16-29(17-21-31)35-28-14-10-26(11-15-28)24-6-4-23(5-7-24)25-8-12-27(32)13-9-25/h2-21,32H,1H3. The lowest BCUT2D eigenvalue weighted by Gasteiger charge is -2.09. The second-order valence-corrected chi connectivity index (χ2v) is 10.5. The van der Waals surface area contributed by atoms with Crippen molar-refractivity contribution in [3.63, 3.8) is 0 Å². The molecular formula is C31H24O4S. The van der Waals surface area contributed by atoms with Gasteiger partial charge in [0.15, 0.2) is 0 Å². The van der Waals surface area contributed by atoms with E-state index in [4.69, 9.17) is 4.74 Å². The number of phenols is 1. The van der Waals surface area contributed by atoms with Crippen LogP contribution in [0.4, 0.5) is 0 Å². The molecule has 0 radical (unpaired) electrons. The summed E-state index contributed by atoms with van der Waals surface area (Å²) in [5.41, 5.74) is 5.26. The van der Waals surface area contributed by atoms with E-state index in [9.17, 15) is 13.5 Å². The first-order valence-corrected chi connectivity index (χ1v) is 13.0. The quantitative estimate of drug-likeness (QED) is 0.264. The largest absolute Gasteiger partial charge is 0.508 e. The first kappa shape index (κ1) is 23.4. The van der Waals surface area contributed by atoms with Crippen LogP contribution in [0.5, 0.6) is 17.2 Å². The Labute approximate surface area is 211 Å². The number of sulfone groups is 1. The monoisotopic (exact) mass is 492 g/mol. The summed E-state index contributed by atoms with van der Waals surface area (Å²) in [5.74, 6) is 1.47. The first-order valence-electron chi connectivity index (χ1n) is 11.5. The third kappa shape index (κ3) is 5.02. The Morgan fingerprint density at radius 2 is 0.833 bits per heavy atom. The number of hydrogen-bond acceptors (Lipinski definition) is 4. The van der Waals surface area contributed by atoms with Crippen molar-refractivity contribution in [2.45, 2.75) is 16.7 Å². The number of aromatic hydroxyl groups is 1. The minimum absolute atomic E-state index is 0.227. The fraction of sp³-hybridized carbons (Fsp3) is 0.0323. The van der Waals surface area contributed by atoms with Gasteiger partial charge in [-0.05, 0) is 89.8 Å². The summed E-state index contributed by atoms with van der Waals surface area (Å²) in [5, 5.41) is 9.47. The highest BCUT2D eigenvalue weighted by atomic mass is 32.2. The Morgan fingerprint density at radius 3 is 1.28 bits per heavy atom. The first-order chi connectivity index (χ1) is 17.4. The van der Waals surface area contributed by atoms with Crippen LogP contribution in [0.2, 0.25) is 0 Å². The van der Waals surface area contributed by atoms with Gasteiger partial charge in [0.25, 0.3) is 0 Å². The molecule has 5 aromatic rings. The van der Waals surface area contributed by atoms with Crippen molar-refractivity contribution in [1.82, 2.24) is 0 Å². The molecule has 36 heavy (non-hydrogen) atoms. The van der Waals surface area contributed by atoms with Gasteiger partial charge < -0.3 is 9.84 Å². The summed E-state index contributed by atoms with van der Waals surface area (Å²) in [4.78, 5) is 0.498. The lowest BCUT2D eigenvalue weighted by Crippen LogP contribution is -2.01. The van der Waals surface area contributed by atoms with Crippen molar-refractivity contribution in [3.05, 3.63) is 127 Å². The number of hydrogen-bond donors (Lipinski definition) is 1. The summed E-state index contributed by atoms with van der Waals surface area (Å²) in [6.45, 7) is 1.92. The van der Waals surface area contributed by atoms with Crippen molar-refractivity contribution in [2.24, 2.45) is 0 Å². The number of aryl methyl sites for hydroxylation is 1. The van der Waals surface area contributed by atoms with Crippen molar-refractivity contribution < 1.29 is 18.3 Å². The third-order valence-corrected chi connectivity index (χ3v) is 7.76. The molecule has 5 rings (SSSR count). The maximum absolute atomic E-state index is 12.9. The molecule has 0 spiro atoms. The van der Waals surface area contributed by atoms with Crippen LogP contribution in [0.15, 0.2) is 131 Å². The molecule has 0 aliphatic heterocycles. The van der Waals surface area contributed by atoms with E-state index in [2.05, 4.69) is 24.3 Å². The van der Waals surface area contributed by atoms with Gasteiger partial charge in [-0.1, -0.05) is 66.2 Å². The molecule has 0 saturated carbocycles. The average Bonchev–Trinajstić information content (AvgIpc) is 2.90. The van der Waals surface area contributed by atoms with Gasteiger partial charge in [0.2, 0.25) is 9.84 Å². The number of benzene rings is 5. The maximum Gasteiger partial charge on any atom is 0.206 e. The van der Waals surface area contributed by atoms with E-state index in [1.165, 1.54) is 0 Å². The smallest absolute Gasteiger partial charge is 0.206 e. The van der Waals surface area contributed by atoms with E-state index in [0.29, 0.717) is 11.5 Å². The van der Waals surface area contributed by atoms with Gasteiger partial charge in [-0.2, -0.15) is 0 Å². The summed E-state index contributed by atoms with van der Waals surface area (Å²) in [6, 6.07) is 36.4. The van der Waals surface area contributed by atoms with E-state index >= 15 is 0 Å². The Kier molecular flexibility index (Phi) is 6.32. The van der Waals surface area contributed by atoms with Crippen LogP contribution in [-0.2, 0) is 9.84 Å². The predicted octanol–water partition coefficient (Wildman–Crippen LogP) is 7.66. The van der Waals surface area contributed by atoms with E-state index < -0.39 is 9.84 Å². The molecule has 0 bridgehead atoms. The number of rotatable bonds is 6. The fourth-order valence-corrected chi connectivity index (χ4v) is 5.16. The molecule has 4 nitrogen and oxygen atoms in total. The molecule has 0 unspecified atom stereocenters. The zero-order valence-corrected chi connectivity index (χ0v) is 20.4. The van der Waals surface area contributed by atoms with E-state index in [1.807, 2.05) is 43.3 Å².